The van der Waals surface area contributed by atoms with Crippen molar-refractivity contribution in [2.45, 2.75) is 25.7 Å². The molecule has 0 atom stereocenters. The van der Waals surface area contributed by atoms with Crippen LogP contribution >= 0.6 is 23.2 Å². The molecule has 0 spiro atoms. The highest BCUT2D eigenvalue weighted by Crippen LogP contribution is 2.38. The lowest BCUT2D eigenvalue weighted by Gasteiger charge is -2.25. The Kier molecular flexibility index (Phi) is 7.20. The van der Waals surface area contributed by atoms with Crippen LogP contribution in [0.5, 0.6) is 5.75 Å². The summed E-state index contributed by atoms with van der Waals surface area (Å²) in [5.41, 5.74) is 2.02. The van der Waals surface area contributed by atoms with Gasteiger partial charge in [0, 0.05) is 0 Å². The molecular weight excluding hydrogens is 425 g/mol. The highest BCUT2D eigenvalue weighted by Gasteiger charge is 2.31. The molecule has 0 aliphatic heterocycles. The number of esters is 1. The Morgan fingerprint density at radius 3 is 2.21 bits per heavy atom. The highest BCUT2D eigenvalue weighted by molar-refractivity contribution is 7.93. The molecule has 0 unspecified atom stereocenters. The Bertz CT molecular complexity index is 972. The topological polar surface area (TPSA) is 72.9 Å². The second-order valence-corrected chi connectivity index (χ2v) is 8.64. The summed E-state index contributed by atoms with van der Waals surface area (Å²) in [6, 6.07) is 7.94. The fourth-order valence-electron chi connectivity index (χ4n) is 2.72. The number of sulfonamides is 1. The first-order valence-electron chi connectivity index (χ1n) is 8.40. The van der Waals surface area contributed by atoms with Crippen LogP contribution < -0.4 is 9.04 Å². The molecule has 0 fully saturated rings. The first-order chi connectivity index (χ1) is 13.1. The molecule has 0 bridgehead atoms. The normalized spacial score (nSPS) is 11.2. The van der Waals surface area contributed by atoms with E-state index in [2.05, 4.69) is 0 Å². The van der Waals surface area contributed by atoms with Gasteiger partial charge in [0.15, 0.2) is 0 Å². The van der Waals surface area contributed by atoms with Crippen molar-refractivity contribution in [1.82, 2.24) is 0 Å². The van der Waals surface area contributed by atoms with Crippen LogP contribution in [0.15, 0.2) is 35.2 Å². The van der Waals surface area contributed by atoms with Crippen molar-refractivity contribution in [2.75, 3.05) is 24.6 Å². The molecule has 0 saturated heterocycles. The molecule has 2 aromatic carbocycles. The molecule has 0 amide bonds. The molecule has 0 radical (unpaired) electrons. The van der Waals surface area contributed by atoms with Gasteiger partial charge in [-0.1, -0.05) is 29.3 Å². The number of nitrogens with zero attached hydrogens (tertiary/aromatic N) is 1. The van der Waals surface area contributed by atoms with Gasteiger partial charge in [0.2, 0.25) is 0 Å². The van der Waals surface area contributed by atoms with Crippen LogP contribution in [-0.4, -0.2) is 34.6 Å². The van der Waals surface area contributed by atoms with Crippen molar-refractivity contribution < 1.29 is 22.7 Å². The molecular formula is C19H21Cl2NO5S. The van der Waals surface area contributed by atoms with Crippen molar-refractivity contribution in [3.05, 3.63) is 51.5 Å². The third-order valence-electron chi connectivity index (χ3n) is 3.87. The van der Waals surface area contributed by atoms with E-state index in [0.717, 1.165) is 15.4 Å². The number of anilines is 1. The molecule has 2 aromatic rings. The number of aryl methyl sites for hydroxylation is 2. The fourth-order valence-corrected chi connectivity index (χ4v) is 4.93. The molecule has 2 rings (SSSR count). The third-order valence-corrected chi connectivity index (χ3v) is 6.66. The van der Waals surface area contributed by atoms with Gasteiger partial charge >= 0.3 is 5.97 Å². The predicted molar refractivity (Wildman–Crippen MR) is 110 cm³/mol. The highest BCUT2D eigenvalue weighted by atomic mass is 35.5. The maximum absolute atomic E-state index is 13.4. The van der Waals surface area contributed by atoms with Gasteiger partial charge in [-0.05, 0) is 56.2 Å². The quantitative estimate of drug-likeness (QED) is 0.591. The smallest absolute Gasteiger partial charge is 0.326 e. The zero-order valence-corrected chi connectivity index (χ0v) is 18.3. The minimum atomic E-state index is -4.22. The number of carbonyl (C=O) groups is 1. The first-order valence-corrected chi connectivity index (χ1v) is 10.6. The number of benzene rings is 2. The SMILES string of the molecule is CCOC(=O)CN(c1cc(C)cc(C)c1)S(=O)(=O)c1ccc(OC)c(Cl)c1Cl. The number of hydrogen-bond donors (Lipinski definition) is 0. The average molecular weight is 446 g/mol. The molecule has 152 valence electrons. The minimum Gasteiger partial charge on any atom is -0.495 e. The average Bonchev–Trinajstić information content (AvgIpc) is 2.61. The van der Waals surface area contributed by atoms with E-state index in [1.807, 2.05) is 19.9 Å². The Hall–Kier alpha value is -1.96. The van der Waals surface area contributed by atoms with E-state index in [1.165, 1.54) is 19.2 Å². The minimum absolute atomic E-state index is 0.0262. The summed E-state index contributed by atoms with van der Waals surface area (Å²) < 4.78 is 37.8. The van der Waals surface area contributed by atoms with E-state index >= 15 is 0 Å². The first kappa shape index (κ1) is 22.3. The number of hydrogen-bond acceptors (Lipinski definition) is 5. The van der Waals surface area contributed by atoms with Gasteiger partial charge in [0.25, 0.3) is 10.0 Å². The molecule has 9 heteroatoms. The van der Waals surface area contributed by atoms with Crippen molar-refractivity contribution in [2.24, 2.45) is 0 Å². The molecule has 0 N–H and O–H groups in total. The molecule has 0 aliphatic carbocycles. The Balaban J connectivity index is 2.64. The second-order valence-electron chi connectivity index (χ2n) is 6.06. The fraction of sp³-hybridized carbons (Fsp3) is 0.316. The van der Waals surface area contributed by atoms with Crippen LogP contribution in [-0.2, 0) is 19.6 Å². The maximum atomic E-state index is 13.4. The summed E-state index contributed by atoms with van der Waals surface area (Å²) in [7, 11) is -2.82. The second kappa shape index (κ2) is 9.03. The van der Waals surface area contributed by atoms with Gasteiger partial charge in [-0.2, -0.15) is 0 Å². The van der Waals surface area contributed by atoms with Crippen LogP contribution in [0.4, 0.5) is 5.69 Å². The van der Waals surface area contributed by atoms with Crippen molar-refractivity contribution in [3.63, 3.8) is 0 Å². The zero-order valence-electron chi connectivity index (χ0n) is 16.0. The van der Waals surface area contributed by atoms with Crippen LogP contribution in [0.25, 0.3) is 0 Å². The zero-order chi connectivity index (χ0) is 21.1. The van der Waals surface area contributed by atoms with Crippen LogP contribution in [0.2, 0.25) is 10.0 Å². The largest absolute Gasteiger partial charge is 0.495 e. The molecule has 0 heterocycles. The van der Waals surface area contributed by atoms with E-state index in [0.29, 0.717) is 5.69 Å². The van der Waals surface area contributed by atoms with Crippen molar-refractivity contribution in [3.8, 4) is 5.75 Å². The van der Waals surface area contributed by atoms with Crippen LogP contribution in [0.3, 0.4) is 0 Å². The van der Waals surface area contributed by atoms with E-state index in [4.69, 9.17) is 32.7 Å². The standard InChI is InChI=1S/C19H21Cl2NO5S/c1-5-27-17(23)11-22(14-9-12(2)8-13(3)10-14)28(24,25)16-7-6-15(26-4)18(20)19(16)21/h6-10H,5,11H2,1-4H3. The van der Waals surface area contributed by atoms with Crippen LogP contribution in [0.1, 0.15) is 18.1 Å². The van der Waals surface area contributed by atoms with Gasteiger partial charge in [0.05, 0.1) is 24.4 Å². The number of halogens is 2. The molecule has 28 heavy (non-hydrogen) atoms. The van der Waals surface area contributed by atoms with E-state index < -0.39 is 22.5 Å². The Morgan fingerprint density at radius 1 is 1.07 bits per heavy atom. The van der Waals surface area contributed by atoms with Gasteiger partial charge < -0.3 is 9.47 Å². The van der Waals surface area contributed by atoms with E-state index in [9.17, 15) is 13.2 Å². The monoisotopic (exact) mass is 445 g/mol. The lowest BCUT2D eigenvalue weighted by Crippen LogP contribution is -2.37. The summed E-state index contributed by atoms with van der Waals surface area (Å²) >= 11 is 12.3. The number of rotatable bonds is 7. The van der Waals surface area contributed by atoms with E-state index in [-0.39, 0.29) is 27.3 Å². The summed E-state index contributed by atoms with van der Waals surface area (Å²) in [6.45, 7) is 4.95. The Labute approximate surface area is 175 Å². The van der Waals surface area contributed by atoms with Gasteiger partial charge in [-0.25, -0.2) is 8.42 Å². The summed E-state index contributed by atoms with van der Waals surface area (Å²) in [4.78, 5) is 11.9. The number of carbonyl (C=O) groups excluding carboxylic acids is 1. The maximum Gasteiger partial charge on any atom is 0.326 e. The summed E-state index contributed by atoms with van der Waals surface area (Å²) in [5, 5.41) is -0.207. The lowest BCUT2D eigenvalue weighted by molar-refractivity contribution is -0.141. The summed E-state index contributed by atoms with van der Waals surface area (Å²) in [5.74, 6) is -0.435. The molecule has 6 nitrogen and oxygen atoms in total. The third kappa shape index (κ3) is 4.71. The molecule has 0 saturated carbocycles. The summed E-state index contributed by atoms with van der Waals surface area (Å²) in [6.07, 6.45) is 0. The van der Waals surface area contributed by atoms with Crippen LogP contribution in [0, 0.1) is 13.8 Å². The van der Waals surface area contributed by atoms with Gasteiger partial charge in [-0.3, -0.25) is 9.10 Å². The molecule has 0 aliphatic rings. The number of ether oxygens (including phenoxy) is 2. The van der Waals surface area contributed by atoms with Gasteiger partial charge in [0.1, 0.15) is 22.2 Å². The van der Waals surface area contributed by atoms with E-state index in [1.54, 1.807) is 19.1 Å². The van der Waals surface area contributed by atoms with Gasteiger partial charge in [-0.15, -0.1) is 0 Å². The Morgan fingerprint density at radius 2 is 1.68 bits per heavy atom. The van der Waals surface area contributed by atoms with Crippen molar-refractivity contribution >= 4 is 44.9 Å². The van der Waals surface area contributed by atoms with Crippen molar-refractivity contribution in [1.29, 1.82) is 0 Å². The lowest BCUT2D eigenvalue weighted by atomic mass is 10.1. The molecule has 0 aromatic heterocycles. The number of methoxy groups -OCH3 is 1. The predicted octanol–water partition coefficient (Wildman–Crippen LogP) is 4.38.